The van der Waals surface area contributed by atoms with Crippen LogP contribution >= 0.6 is 11.6 Å². The van der Waals surface area contributed by atoms with Crippen LogP contribution in [-0.4, -0.2) is 34.2 Å². The fourth-order valence-corrected chi connectivity index (χ4v) is 3.07. The van der Waals surface area contributed by atoms with Crippen LogP contribution in [0.1, 0.15) is 23.7 Å². The minimum Gasteiger partial charge on any atom is -0.359 e. The van der Waals surface area contributed by atoms with E-state index in [9.17, 15) is 9.18 Å². The predicted octanol–water partition coefficient (Wildman–Crippen LogP) is 2.37. The third-order valence-corrected chi connectivity index (χ3v) is 4.35. The van der Waals surface area contributed by atoms with Crippen LogP contribution in [0.15, 0.2) is 30.5 Å². The largest absolute Gasteiger partial charge is 0.359 e. The normalized spacial score (nSPS) is 17.8. The summed E-state index contributed by atoms with van der Waals surface area (Å²) < 4.78 is 15.5. The van der Waals surface area contributed by atoms with Crippen molar-refractivity contribution in [3.05, 3.63) is 52.6 Å². The van der Waals surface area contributed by atoms with Gasteiger partial charge in [-0.05, 0) is 23.8 Å². The van der Waals surface area contributed by atoms with Crippen molar-refractivity contribution in [1.29, 1.82) is 0 Å². The molecule has 3 rings (SSSR count). The molecule has 1 N–H and O–H groups in total. The summed E-state index contributed by atoms with van der Waals surface area (Å²) in [5.74, 6) is -0.427. The number of halogens is 2. The lowest BCUT2D eigenvalue weighted by atomic mass is 10.1. The molecule has 0 unspecified atom stereocenters. The SMILES string of the molecule is CNC(=O)C[C@@H]1CN(Cc2ccc(Cl)c(F)c2)Cc2ccnn21. The van der Waals surface area contributed by atoms with Crippen molar-refractivity contribution in [1.82, 2.24) is 20.0 Å². The first-order valence-electron chi connectivity index (χ1n) is 7.46. The maximum absolute atomic E-state index is 13.6. The first kappa shape index (κ1) is 16.0. The number of nitrogens with one attached hydrogen (secondary N) is 1. The lowest BCUT2D eigenvalue weighted by Crippen LogP contribution is -2.39. The van der Waals surface area contributed by atoms with E-state index in [1.807, 2.05) is 16.8 Å². The molecule has 2 heterocycles. The molecule has 1 atom stereocenters. The van der Waals surface area contributed by atoms with Gasteiger partial charge in [-0.3, -0.25) is 14.4 Å². The van der Waals surface area contributed by atoms with Crippen molar-refractivity contribution in [2.45, 2.75) is 25.6 Å². The van der Waals surface area contributed by atoms with Crippen LogP contribution in [0.3, 0.4) is 0 Å². The Morgan fingerprint density at radius 1 is 1.48 bits per heavy atom. The molecule has 0 radical (unpaired) electrons. The van der Waals surface area contributed by atoms with Crippen molar-refractivity contribution in [2.24, 2.45) is 0 Å². The summed E-state index contributed by atoms with van der Waals surface area (Å²) in [6.45, 7) is 2.00. The Labute approximate surface area is 139 Å². The van der Waals surface area contributed by atoms with E-state index in [0.29, 0.717) is 26.1 Å². The molecule has 1 aromatic carbocycles. The van der Waals surface area contributed by atoms with E-state index in [-0.39, 0.29) is 17.0 Å². The molecule has 23 heavy (non-hydrogen) atoms. The van der Waals surface area contributed by atoms with Crippen LogP contribution < -0.4 is 5.32 Å². The zero-order chi connectivity index (χ0) is 16.4. The van der Waals surface area contributed by atoms with Crippen LogP contribution in [0, 0.1) is 5.82 Å². The molecule has 1 aliphatic heterocycles. The molecule has 0 fully saturated rings. The lowest BCUT2D eigenvalue weighted by molar-refractivity contribution is -0.121. The molecule has 1 aliphatic rings. The second kappa shape index (κ2) is 6.68. The minimum atomic E-state index is -0.409. The van der Waals surface area contributed by atoms with Crippen molar-refractivity contribution >= 4 is 17.5 Å². The standard InChI is InChI=1S/C16H18ClFN4O/c1-19-16(23)7-13-10-21(9-12-4-5-20-22(12)13)8-11-2-3-14(17)15(18)6-11/h2-6,13H,7-10H2,1H3,(H,19,23)/t13-/m1/s1. The third-order valence-electron chi connectivity index (χ3n) is 4.04. The average molecular weight is 337 g/mol. The highest BCUT2D eigenvalue weighted by Crippen LogP contribution is 2.25. The first-order valence-corrected chi connectivity index (χ1v) is 7.84. The highest BCUT2D eigenvalue weighted by atomic mass is 35.5. The van der Waals surface area contributed by atoms with Crippen LogP contribution in [0.25, 0.3) is 0 Å². The van der Waals surface area contributed by atoms with Gasteiger partial charge in [0.05, 0.1) is 23.2 Å². The molecule has 7 heteroatoms. The summed E-state index contributed by atoms with van der Waals surface area (Å²) in [7, 11) is 1.63. The number of hydrogen-bond donors (Lipinski definition) is 1. The summed E-state index contributed by atoms with van der Waals surface area (Å²) in [6, 6.07) is 6.78. The van der Waals surface area contributed by atoms with Gasteiger partial charge >= 0.3 is 0 Å². The van der Waals surface area contributed by atoms with Gasteiger partial charge in [0.25, 0.3) is 0 Å². The molecular weight excluding hydrogens is 319 g/mol. The van der Waals surface area contributed by atoms with Gasteiger partial charge in [-0.2, -0.15) is 5.10 Å². The number of rotatable bonds is 4. The van der Waals surface area contributed by atoms with Crippen molar-refractivity contribution in [3.8, 4) is 0 Å². The van der Waals surface area contributed by atoms with Gasteiger partial charge in [0.1, 0.15) is 5.82 Å². The summed E-state index contributed by atoms with van der Waals surface area (Å²) >= 11 is 5.73. The van der Waals surface area contributed by atoms with Crippen molar-refractivity contribution in [2.75, 3.05) is 13.6 Å². The number of carbonyl (C=O) groups is 1. The van der Waals surface area contributed by atoms with Crippen LogP contribution in [0.2, 0.25) is 5.02 Å². The van der Waals surface area contributed by atoms with Crippen molar-refractivity contribution in [3.63, 3.8) is 0 Å². The summed E-state index contributed by atoms with van der Waals surface area (Å²) in [5.41, 5.74) is 1.91. The van der Waals surface area contributed by atoms with E-state index in [2.05, 4.69) is 15.3 Å². The summed E-state index contributed by atoms with van der Waals surface area (Å²) in [6.07, 6.45) is 2.12. The number of hydrogen-bond acceptors (Lipinski definition) is 3. The molecule has 0 saturated heterocycles. The maximum Gasteiger partial charge on any atom is 0.221 e. The topological polar surface area (TPSA) is 50.2 Å². The van der Waals surface area contributed by atoms with E-state index in [4.69, 9.17) is 11.6 Å². The van der Waals surface area contributed by atoms with E-state index in [1.165, 1.54) is 6.07 Å². The molecule has 0 bridgehead atoms. The zero-order valence-electron chi connectivity index (χ0n) is 12.8. The highest BCUT2D eigenvalue weighted by molar-refractivity contribution is 6.30. The molecule has 5 nitrogen and oxygen atoms in total. The Hall–Kier alpha value is -1.92. The highest BCUT2D eigenvalue weighted by Gasteiger charge is 2.27. The van der Waals surface area contributed by atoms with Crippen LogP contribution in [0.5, 0.6) is 0 Å². The molecule has 1 amide bonds. The number of nitrogens with zero attached hydrogens (tertiary/aromatic N) is 3. The summed E-state index contributed by atoms with van der Waals surface area (Å²) in [4.78, 5) is 13.9. The molecule has 0 saturated carbocycles. The number of aromatic nitrogens is 2. The van der Waals surface area contributed by atoms with E-state index < -0.39 is 5.82 Å². The molecule has 2 aromatic rings. The Bertz CT molecular complexity index is 718. The number of fused-ring (bicyclic) bond motifs is 1. The number of amides is 1. The van der Waals surface area contributed by atoms with Gasteiger partial charge in [-0.25, -0.2) is 4.39 Å². The molecule has 0 spiro atoms. The second-order valence-corrected chi connectivity index (χ2v) is 6.12. The maximum atomic E-state index is 13.6. The lowest BCUT2D eigenvalue weighted by Gasteiger charge is -2.33. The number of benzene rings is 1. The molecule has 0 aliphatic carbocycles. The van der Waals surface area contributed by atoms with E-state index >= 15 is 0 Å². The van der Waals surface area contributed by atoms with Crippen LogP contribution in [0.4, 0.5) is 4.39 Å². The third kappa shape index (κ3) is 3.54. The number of carbonyl (C=O) groups excluding carboxylic acids is 1. The zero-order valence-corrected chi connectivity index (χ0v) is 13.6. The van der Waals surface area contributed by atoms with Gasteiger partial charge in [0.15, 0.2) is 0 Å². The fraction of sp³-hybridized carbons (Fsp3) is 0.375. The second-order valence-electron chi connectivity index (χ2n) is 5.72. The Morgan fingerprint density at radius 3 is 3.04 bits per heavy atom. The van der Waals surface area contributed by atoms with Gasteiger partial charge in [0, 0.05) is 32.9 Å². The molecule has 1 aromatic heterocycles. The van der Waals surface area contributed by atoms with E-state index in [1.54, 1.807) is 19.3 Å². The predicted molar refractivity (Wildman–Crippen MR) is 85.5 cm³/mol. The smallest absolute Gasteiger partial charge is 0.221 e. The van der Waals surface area contributed by atoms with Gasteiger partial charge in [0.2, 0.25) is 5.91 Å². The van der Waals surface area contributed by atoms with E-state index in [0.717, 1.165) is 11.3 Å². The Morgan fingerprint density at radius 2 is 2.30 bits per heavy atom. The molecular formula is C16H18ClFN4O. The first-order chi connectivity index (χ1) is 11.1. The Kier molecular flexibility index (Phi) is 4.63. The summed E-state index contributed by atoms with van der Waals surface area (Å²) in [5, 5.41) is 7.10. The average Bonchev–Trinajstić information content (AvgIpc) is 2.99. The molecule has 122 valence electrons. The van der Waals surface area contributed by atoms with Crippen LogP contribution in [-0.2, 0) is 17.9 Å². The Balaban J connectivity index is 1.76. The van der Waals surface area contributed by atoms with Gasteiger partial charge < -0.3 is 5.32 Å². The minimum absolute atomic E-state index is 0.0177. The quantitative estimate of drug-likeness (QED) is 0.932. The van der Waals surface area contributed by atoms with Gasteiger partial charge in [-0.1, -0.05) is 17.7 Å². The monoisotopic (exact) mass is 336 g/mol. The fourth-order valence-electron chi connectivity index (χ4n) is 2.95. The van der Waals surface area contributed by atoms with Gasteiger partial charge in [-0.15, -0.1) is 0 Å². The van der Waals surface area contributed by atoms with Crippen molar-refractivity contribution < 1.29 is 9.18 Å².